The van der Waals surface area contributed by atoms with Crippen molar-refractivity contribution in [3.05, 3.63) is 35.7 Å². The molecule has 0 saturated heterocycles. The van der Waals surface area contributed by atoms with Gasteiger partial charge in [0.15, 0.2) is 0 Å². The molecule has 6 nitrogen and oxygen atoms in total. The Bertz CT molecular complexity index is 502. The van der Waals surface area contributed by atoms with Crippen molar-refractivity contribution in [2.75, 3.05) is 6.61 Å². The first kappa shape index (κ1) is 11.8. The average Bonchev–Trinajstić information content (AvgIpc) is 2.90. The van der Waals surface area contributed by atoms with Crippen LogP contribution in [0.15, 0.2) is 18.7 Å². The Labute approximate surface area is 99.7 Å². The number of hydrogen-bond acceptors (Lipinski definition) is 4. The Balaban J connectivity index is 2.25. The number of imidazole rings is 1. The summed E-state index contributed by atoms with van der Waals surface area (Å²) < 4.78 is 3.77. The molecular formula is C11H17N5O. The monoisotopic (exact) mass is 235 g/mol. The van der Waals surface area contributed by atoms with E-state index in [1.165, 1.54) is 0 Å². The molecule has 17 heavy (non-hydrogen) atoms. The molecule has 0 aliphatic carbocycles. The minimum Gasteiger partial charge on any atom is -0.394 e. The molecule has 2 rings (SSSR count). The largest absolute Gasteiger partial charge is 0.394 e. The van der Waals surface area contributed by atoms with Gasteiger partial charge in [0.1, 0.15) is 0 Å². The highest BCUT2D eigenvalue weighted by molar-refractivity contribution is 5.18. The van der Waals surface area contributed by atoms with Crippen molar-refractivity contribution in [1.82, 2.24) is 19.3 Å². The van der Waals surface area contributed by atoms with E-state index in [1.54, 1.807) is 12.5 Å². The van der Waals surface area contributed by atoms with Gasteiger partial charge in [-0.3, -0.25) is 4.68 Å². The van der Waals surface area contributed by atoms with Crippen molar-refractivity contribution in [2.45, 2.75) is 19.5 Å². The third-order valence-electron chi connectivity index (χ3n) is 3.00. The Morgan fingerprint density at radius 1 is 1.47 bits per heavy atom. The van der Waals surface area contributed by atoms with Crippen LogP contribution in [0.25, 0.3) is 0 Å². The van der Waals surface area contributed by atoms with E-state index >= 15 is 0 Å². The van der Waals surface area contributed by atoms with Gasteiger partial charge < -0.3 is 15.4 Å². The van der Waals surface area contributed by atoms with E-state index in [0.717, 1.165) is 17.0 Å². The van der Waals surface area contributed by atoms with Gasteiger partial charge in [0.25, 0.3) is 0 Å². The first-order valence-electron chi connectivity index (χ1n) is 5.47. The molecular weight excluding hydrogens is 218 g/mol. The summed E-state index contributed by atoms with van der Waals surface area (Å²) in [5.41, 5.74) is 8.87. The molecule has 0 aliphatic rings. The molecule has 0 saturated carbocycles. The standard InChI is InChI=1S/C11H17N5O/c1-8-9(3-14-15(8)2)5-16-7-13-4-11(16)10(12)6-17/h3-4,7,10,17H,5-6,12H2,1-2H3. The average molecular weight is 235 g/mol. The fourth-order valence-corrected chi connectivity index (χ4v) is 1.75. The molecule has 92 valence electrons. The second kappa shape index (κ2) is 4.68. The smallest absolute Gasteiger partial charge is 0.0951 e. The van der Waals surface area contributed by atoms with Crippen LogP contribution in [0.5, 0.6) is 0 Å². The van der Waals surface area contributed by atoms with Crippen LogP contribution in [-0.2, 0) is 13.6 Å². The molecule has 3 N–H and O–H groups in total. The van der Waals surface area contributed by atoms with Crippen LogP contribution in [-0.4, -0.2) is 31.0 Å². The number of rotatable bonds is 4. The fraction of sp³-hybridized carbons (Fsp3) is 0.455. The minimum absolute atomic E-state index is 0.0856. The van der Waals surface area contributed by atoms with E-state index in [-0.39, 0.29) is 6.61 Å². The zero-order valence-electron chi connectivity index (χ0n) is 10.0. The summed E-state index contributed by atoms with van der Waals surface area (Å²) in [6, 6.07) is -0.394. The first-order chi connectivity index (χ1) is 8.13. The zero-order chi connectivity index (χ0) is 12.4. The van der Waals surface area contributed by atoms with Crippen molar-refractivity contribution in [3.63, 3.8) is 0 Å². The molecule has 6 heteroatoms. The zero-order valence-corrected chi connectivity index (χ0v) is 10.0. The number of aliphatic hydroxyl groups excluding tert-OH is 1. The number of nitrogens with two attached hydrogens (primary N) is 1. The van der Waals surface area contributed by atoms with Gasteiger partial charge >= 0.3 is 0 Å². The molecule has 0 fully saturated rings. The molecule has 0 aliphatic heterocycles. The minimum atomic E-state index is -0.394. The van der Waals surface area contributed by atoms with Crippen LogP contribution >= 0.6 is 0 Å². The van der Waals surface area contributed by atoms with Crippen molar-refractivity contribution in [3.8, 4) is 0 Å². The number of aliphatic hydroxyl groups is 1. The molecule has 0 amide bonds. The van der Waals surface area contributed by atoms with Crippen molar-refractivity contribution in [2.24, 2.45) is 12.8 Å². The predicted octanol–water partition coefficient (Wildman–Crippen LogP) is -0.0346. The summed E-state index contributed by atoms with van der Waals surface area (Å²) in [4.78, 5) is 4.07. The molecule has 2 aromatic heterocycles. The van der Waals surface area contributed by atoms with Gasteiger partial charge in [-0.2, -0.15) is 5.10 Å². The number of nitrogens with zero attached hydrogens (tertiary/aromatic N) is 4. The SMILES string of the molecule is Cc1c(Cn2cncc2C(N)CO)cnn1C. The molecule has 0 radical (unpaired) electrons. The highest BCUT2D eigenvalue weighted by atomic mass is 16.3. The van der Waals surface area contributed by atoms with Gasteiger partial charge in [-0.1, -0.05) is 0 Å². The number of aryl methyl sites for hydroxylation is 1. The summed E-state index contributed by atoms with van der Waals surface area (Å²) in [7, 11) is 1.91. The van der Waals surface area contributed by atoms with E-state index < -0.39 is 6.04 Å². The lowest BCUT2D eigenvalue weighted by Crippen LogP contribution is -2.19. The number of hydrogen-bond donors (Lipinski definition) is 2. The normalized spacial score (nSPS) is 12.9. The quantitative estimate of drug-likeness (QED) is 0.779. The molecule has 1 unspecified atom stereocenters. The van der Waals surface area contributed by atoms with Crippen LogP contribution in [0, 0.1) is 6.92 Å². The van der Waals surface area contributed by atoms with Gasteiger partial charge in [0, 0.05) is 24.5 Å². The van der Waals surface area contributed by atoms with Gasteiger partial charge in [-0.15, -0.1) is 0 Å². The highest BCUT2D eigenvalue weighted by Crippen LogP contribution is 2.13. The molecule has 1 atom stereocenters. The maximum absolute atomic E-state index is 9.07. The van der Waals surface area contributed by atoms with Crippen molar-refractivity contribution >= 4 is 0 Å². The summed E-state index contributed by atoms with van der Waals surface area (Å²) in [6.07, 6.45) is 5.24. The molecule has 0 aromatic carbocycles. The van der Waals surface area contributed by atoms with Crippen LogP contribution < -0.4 is 5.73 Å². The van der Waals surface area contributed by atoms with Crippen molar-refractivity contribution in [1.29, 1.82) is 0 Å². The van der Waals surface area contributed by atoms with E-state index in [9.17, 15) is 0 Å². The second-order valence-electron chi connectivity index (χ2n) is 4.11. The third kappa shape index (κ3) is 2.22. The van der Waals surface area contributed by atoms with E-state index in [2.05, 4.69) is 10.1 Å². The lowest BCUT2D eigenvalue weighted by molar-refractivity contribution is 0.263. The van der Waals surface area contributed by atoms with E-state index in [1.807, 2.05) is 29.4 Å². The number of aromatic nitrogens is 4. The van der Waals surface area contributed by atoms with E-state index in [4.69, 9.17) is 10.8 Å². The van der Waals surface area contributed by atoms with Gasteiger partial charge in [0.2, 0.25) is 0 Å². The molecule has 0 bridgehead atoms. The molecule has 0 spiro atoms. The Morgan fingerprint density at radius 2 is 2.24 bits per heavy atom. The highest BCUT2D eigenvalue weighted by Gasteiger charge is 2.12. The molecule has 2 aromatic rings. The summed E-state index contributed by atoms with van der Waals surface area (Å²) in [6.45, 7) is 2.60. The third-order valence-corrected chi connectivity index (χ3v) is 3.00. The topological polar surface area (TPSA) is 81.9 Å². The van der Waals surface area contributed by atoms with Gasteiger partial charge in [-0.25, -0.2) is 4.98 Å². The van der Waals surface area contributed by atoms with E-state index in [0.29, 0.717) is 6.54 Å². The Hall–Kier alpha value is -1.66. The van der Waals surface area contributed by atoms with Crippen molar-refractivity contribution < 1.29 is 5.11 Å². The van der Waals surface area contributed by atoms with Crippen LogP contribution in [0.2, 0.25) is 0 Å². The Morgan fingerprint density at radius 3 is 2.82 bits per heavy atom. The van der Waals surface area contributed by atoms with Crippen LogP contribution in [0.1, 0.15) is 23.0 Å². The Kier molecular flexibility index (Phi) is 3.26. The predicted molar refractivity (Wildman–Crippen MR) is 63.3 cm³/mol. The van der Waals surface area contributed by atoms with Gasteiger partial charge in [-0.05, 0) is 6.92 Å². The lowest BCUT2D eigenvalue weighted by atomic mass is 10.2. The van der Waals surface area contributed by atoms with Crippen LogP contribution in [0.3, 0.4) is 0 Å². The molecule has 2 heterocycles. The maximum Gasteiger partial charge on any atom is 0.0951 e. The fourth-order valence-electron chi connectivity index (χ4n) is 1.75. The first-order valence-corrected chi connectivity index (χ1v) is 5.47. The second-order valence-corrected chi connectivity index (χ2v) is 4.11. The van der Waals surface area contributed by atoms with Gasteiger partial charge in [0.05, 0.1) is 37.4 Å². The summed E-state index contributed by atoms with van der Waals surface area (Å²) in [5.74, 6) is 0. The summed E-state index contributed by atoms with van der Waals surface area (Å²) in [5, 5.41) is 13.3. The maximum atomic E-state index is 9.07. The lowest BCUT2D eigenvalue weighted by Gasteiger charge is -2.12. The summed E-state index contributed by atoms with van der Waals surface area (Å²) >= 11 is 0. The van der Waals surface area contributed by atoms with Crippen LogP contribution in [0.4, 0.5) is 0 Å².